The van der Waals surface area contributed by atoms with Gasteiger partial charge in [0.05, 0.1) is 23.4 Å². The van der Waals surface area contributed by atoms with E-state index >= 15 is 0 Å². The van der Waals surface area contributed by atoms with E-state index in [1.54, 1.807) is 31.2 Å². The number of hydrogen-bond donors (Lipinski definition) is 1. The molecule has 0 aliphatic heterocycles. The first-order chi connectivity index (χ1) is 15.8. The molecule has 3 rings (SSSR count). The van der Waals surface area contributed by atoms with Gasteiger partial charge in [0.15, 0.2) is 5.78 Å². The molecule has 0 saturated carbocycles. The van der Waals surface area contributed by atoms with Crippen LogP contribution in [0.25, 0.3) is 10.9 Å². The highest BCUT2D eigenvalue weighted by Gasteiger charge is 2.16. The molecule has 6 nitrogen and oxygen atoms in total. The highest BCUT2D eigenvalue weighted by atomic mass is 19.1. The summed E-state index contributed by atoms with van der Waals surface area (Å²) in [6.45, 7) is 4.67. The lowest BCUT2D eigenvalue weighted by atomic mass is 10.0. The number of aryl methyl sites for hydroxylation is 1. The molecule has 2 aromatic carbocycles. The first-order valence-electron chi connectivity index (χ1n) is 10.7. The van der Waals surface area contributed by atoms with Crippen LogP contribution in [-0.4, -0.2) is 42.9 Å². The van der Waals surface area contributed by atoms with Crippen molar-refractivity contribution in [3.63, 3.8) is 0 Å². The van der Waals surface area contributed by atoms with Crippen LogP contribution in [0.1, 0.15) is 31.0 Å². The molecule has 0 aliphatic carbocycles. The summed E-state index contributed by atoms with van der Waals surface area (Å²) in [5.74, 6) is 0.232. The number of fused-ring (bicyclic) bond motifs is 1. The van der Waals surface area contributed by atoms with Gasteiger partial charge in [0, 0.05) is 41.9 Å². The molecule has 1 heterocycles. The number of allylic oxidation sites excluding steroid dienone is 1. The van der Waals surface area contributed by atoms with Crippen LogP contribution in [0, 0.1) is 24.1 Å². The van der Waals surface area contributed by atoms with Gasteiger partial charge in [-0.3, -0.25) is 9.78 Å². The van der Waals surface area contributed by atoms with Gasteiger partial charge in [0.1, 0.15) is 17.6 Å². The average Bonchev–Trinajstić information content (AvgIpc) is 2.77. The first-order valence-corrected chi connectivity index (χ1v) is 10.7. The lowest BCUT2D eigenvalue weighted by molar-refractivity contribution is -0.114. The Labute approximate surface area is 200 Å². The predicted molar refractivity (Wildman–Crippen MR) is 135 cm³/mol. The van der Waals surface area contributed by atoms with Crippen LogP contribution < -0.4 is 10.1 Å². The summed E-state index contributed by atoms with van der Waals surface area (Å²) in [6.07, 6.45) is 5.04. The maximum absolute atomic E-state index is 13.7. The molecule has 3 aromatic rings. The summed E-state index contributed by atoms with van der Waals surface area (Å²) >= 11 is 0. The van der Waals surface area contributed by atoms with Gasteiger partial charge < -0.3 is 15.0 Å². The van der Waals surface area contributed by atoms with Crippen LogP contribution >= 0.6 is 0 Å². The van der Waals surface area contributed by atoms with Crippen molar-refractivity contribution in [2.24, 2.45) is 0 Å². The van der Waals surface area contributed by atoms with E-state index in [2.05, 4.69) is 16.4 Å². The lowest BCUT2D eigenvalue weighted by Crippen LogP contribution is -2.11. The SMILES string of the molecule is C.CCOc1cc2ncc(C#N)c(Nc3ccc(F)c(C)c3)c2cc1CC(=O)/C=C/CN(C)C. The van der Waals surface area contributed by atoms with Crippen molar-refractivity contribution in [1.82, 2.24) is 9.88 Å². The molecule has 1 aromatic heterocycles. The van der Waals surface area contributed by atoms with Crippen molar-refractivity contribution in [2.45, 2.75) is 27.7 Å². The number of benzene rings is 2. The number of ketones is 1. The number of pyridine rings is 1. The van der Waals surface area contributed by atoms with Crippen molar-refractivity contribution < 1.29 is 13.9 Å². The highest BCUT2D eigenvalue weighted by Crippen LogP contribution is 2.34. The van der Waals surface area contributed by atoms with Gasteiger partial charge in [-0.2, -0.15) is 5.26 Å². The number of halogens is 1. The number of nitrogens with one attached hydrogen (secondary N) is 1. The van der Waals surface area contributed by atoms with Crippen LogP contribution in [-0.2, 0) is 11.2 Å². The van der Waals surface area contributed by atoms with E-state index in [0.29, 0.717) is 57.9 Å². The number of carbonyl (C=O) groups is 1. The smallest absolute Gasteiger partial charge is 0.159 e. The average molecular weight is 463 g/mol. The van der Waals surface area contributed by atoms with Crippen molar-refractivity contribution in [2.75, 3.05) is 32.6 Å². The Morgan fingerprint density at radius 3 is 2.71 bits per heavy atom. The summed E-state index contributed by atoms with van der Waals surface area (Å²) < 4.78 is 19.5. The van der Waals surface area contributed by atoms with Crippen molar-refractivity contribution in [1.29, 1.82) is 5.26 Å². The zero-order valence-electron chi connectivity index (χ0n) is 19.3. The molecule has 0 atom stereocenters. The first kappa shape index (κ1) is 26.5. The second-order valence-corrected chi connectivity index (χ2v) is 7.97. The van der Waals surface area contributed by atoms with E-state index in [4.69, 9.17) is 4.74 Å². The maximum atomic E-state index is 13.7. The fourth-order valence-electron chi connectivity index (χ4n) is 3.42. The third-order valence-corrected chi connectivity index (χ3v) is 5.04. The molecule has 0 spiro atoms. The minimum absolute atomic E-state index is 0. The number of likely N-dealkylation sites (N-methyl/N-ethyl adjacent to an activating group) is 1. The summed E-state index contributed by atoms with van der Waals surface area (Å²) in [6, 6.07) is 10.5. The number of rotatable bonds is 9. The Morgan fingerprint density at radius 1 is 1.29 bits per heavy atom. The number of nitriles is 1. The number of hydrogen-bond acceptors (Lipinski definition) is 6. The quantitative estimate of drug-likeness (QED) is 0.419. The van der Waals surface area contributed by atoms with Crippen LogP contribution in [0.5, 0.6) is 5.75 Å². The number of anilines is 2. The normalized spacial score (nSPS) is 10.9. The van der Waals surface area contributed by atoms with Gasteiger partial charge in [-0.1, -0.05) is 13.5 Å². The standard InChI is InChI=1S/C26H27FN4O2.CH4/c1-5-33-25-14-24-22(13-18(25)12-21(32)7-6-10-31(3)4)26(19(15-28)16-29-24)30-20-8-9-23(27)17(2)11-20;/h6-9,11,13-14,16H,5,10,12H2,1-4H3,(H,29,30);1H4/b7-6+;. The van der Waals surface area contributed by atoms with Crippen LogP contribution in [0.3, 0.4) is 0 Å². The van der Waals surface area contributed by atoms with Crippen molar-refractivity contribution >= 4 is 28.1 Å². The van der Waals surface area contributed by atoms with Gasteiger partial charge in [0.25, 0.3) is 0 Å². The Balaban J connectivity index is 0.00000408. The second kappa shape index (κ2) is 11.9. The molecular formula is C27H31FN4O2. The Bertz CT molecular complexity index is 1250. The molecule has 0 aliphatic rings. The molecule has 178 valence electrons. The van der Waals surface area contributed by atoms with Crippen molar-refractivity contribution in [3.05, 3.63) is 71.2 Å². The molecule has 0 bridgehead atoms. The number of nitrogens with zero attached hydrogens (tertiary/aromatic N) is 3. The fraction of sp³-hybridized carbons (Fsp3) is 0.296. The second-order valence-electron chi connectivity index (χ2n) is 7.97. The van der Waals surface area contributed by atoms with Crippen LogP contribution in [0.4, 0.5) is 15.8 Å². The molecule has 0 amide bonds. The fourth-order valence-corrected chi connectivity index (χ4v) is 3.42. The molecular weight excluding hydrogens is 431 g/mol. The Hall–Kier alpha value is -3.76. The minimum Gasteiger partial charge on any atom is -0.494 e. The van der Waals surface area contributed by atoms with Crippen LogP contribution in [0.2, 0.25) is 0 Å². The zero-order valence-corrected chi connectivity index (χ0v) is 19.3. The largest absolute Gasteiger partial charge is 0.494 e. The van der Waals surface area contributed by atoms with Crippen LogP contribution in [0.15, 0.2) is 48.7 Å². The maximum Gasteiger partial charge on any atom is 0.159 e. The predicted octanol–water partition coefficient (Wildman–Crippen LogP) is 5.56. The minimum atomic E-state index is -0.301. The Kier molecular flexibility index (Phi) is 9.28. The molecule has 7 heteroatoms. The summed E-state index contributed by atoms with van der Waals surface area (Å²) in [5, 5.41) is 13.6. The monoisotopic (exact) mass is 462 g/mol. The molecule has 1 N–H and O–H groups in total. The Morgan fingerprint density at radius 2 is 2.06 bits per heavy atom. The van der Waals surface area contributed by atoms with Gasteiger partial charge >= 0.3 is 0 Å². The van der Waals surface area contributed by atoms with E-state index in [-0.39, 0.29) is 25.4 Å². The number of aromatic nitrogens is 1. The molecule has 34 heavy (non-hydrogen) atoms. The topological polar surface area (TPSA) is 78.2 Å². The van der Waals surface area contributed by atoms with Gasteiger partial charge in [-0.15, -0.1) is 0 Å². The van der Waals surface area contributed by atoms with E-state index in [0.717, 1.165) is 0 Å². The van der Waals surface area contributed by atoms with E-state index in [1.165, 1.54) is 12.3 Å². The molecule has 0 radical (unpaired) electrons. The summed E-state index contributed by atoms with van der Waals surface area (Å²) in [5.41, 5.74) is 3.37. The molecule has 0 fully saturated rings. The third-order valence-electron chi connectivity index (χ3n) is 5.04. The van der Waals surface area contributed by atoms with Gasteiger partial charge in [0.2, 0.25) is 0 Å². The van der Waals surface area contributed by atoms with E-state index in [9.17, 15) is 14.4 Å². The third kappa shape index (κ3) is 6.40. The van der Waals surface area contributed by atoms with Gasteiger partial charge in [-0.25, -0.2) is 4.39 Å². The van der Waals surface area contributed by atoms with E-state index in [1.807, 2.05) is 38.1 Å². The summed E-state index contributed by atoms with van der Waals surface area (Å²) in [7, 11) is 3.87. The highest BCUT2D eigenvalue weighted by molar-refractivity contribution is 5.98. The zero-order chi connectivity index (χ0) is 24.0. The summed E-state index contributed by atoms with van der Waals surface area (Å²) in [4.78, 5) is 19.0. The van der Waals surface area contributed by atoms with Crippen molar-refractivity contribution in [3.8, 4) is 11.8 Å². The molecule has 0 unspecified atom stereocenters. The van der Waals surface area contributed by atoms with E-state index < -0.39 is 0 Å². The number of ether oxygens (including phenoxy) is 1. The number of carbonyl (C=O) groups excluding carboxylic acids is 1. The lowest BCUT2D eigenvalue weighted by Gasteiger charge is -2.15. The van der Waals surface area contributed by atoms with Gasteiger partial charge in [-0.05, 0) is 63.8 Å². The molecule has 0 saturated heterocycles.